The molecule has 0 amide bonds. The van der Waals surface area contributed by atoms with E-state index in [-0.39, 0.29) is 11.5 Å². The van der Waals surface area contributed by atoms with Crippen molar-refractivity contribution < 1.29 is 28.2 Å². The smallest absolute Gasteiger partial charge is 0.325 e. The van der Waals surface area contributed by atoms with Gasteiger partial charge in [0.05, 0.1) is 25.5 Å². The molecule has 3 N–H and O–H groups in total. The number of nitrogens with one attached hydrogen (secondary N) is 1. The fraction of sp³-hybridized carbons (Fsp3) is 0.556. The third kappa shape index (κ3) is 4.59. The van der Waals surface area contributed by atoms with Crippen molar-refractivity contribution in [3.8, 4) is 0 Å². The zero-order valence-corrected chi connectivity index (χ0v) is 11.0. The summed E-state index contributed by atoms with van der Waals surface area (Å²) >= 11 is 0. The van der Waals surface area contributed by atoms with Gasteiger partial charge in [-0.25, -0.2) is 13.1 Å². The number of nitrogens with zero attached hydrogens (tertiary/aromatic N) is 2. The number of aliphatic carboxylic acids is 1. The number of carboxylic acids is 1. The van der Waals surface area contributed by atoms with E-state index in [0.29, 0.717) is 0 Å². The standard InChI is InChI=1S/C9H15N3O6S/c1-18-6-7(5-13)11-19(16,17)8-2-10-12(3-8)4-9(14)15/h2-3,7,11,13H,4-6H2,1H3,(H,14,15). The van der Waals surface area contributed by atoms with Crippen LogP contribution in [0.25, 0.3) is 0 Å². The third-order valence-electron chi connectivity index (χ3n) is 2.13. The second-order valence-corrected chi connectivity index (χ2v) is 5.44. The molecule has 108 valence electrons. The van der Waals surface area contributed by atoms with Gasteiger partial charge in [-0.05, 0) is 0 Å². The van der Waals surface area contributed by atoms with Crippen LogP contribution in [0.4, 0.5) is 0 Å². The van der Waals surface area contributed by atoms with E-state index in [1.165, 1.54) is 7.11 Å². The fourth-order valence-electron chi connectivity index (χ4n) is 1.32. The normalized spacial score (nSPS) is 13.4. The van der Waals surface area contributed by atoms with Gasteiger partial charge in [0.15, 0.2) is 0 Å². The third-order valence-corrected chi connectivity index (χ3v) is 3.60. The van der Waals surface area contributed by atoms with Gasteiger partial charge in [-0.3, -0.25) is 9.48 Å². The first-order chi connectivity index (χ1) is 8.89. The number of aliphatic hydroxyl groups is 1. The van der Waals surface area contributed by atoms with Gasteiger partial charge >= 0.3 is 5.97 Å². The van der Waals surface area contributed by atoms with Crippen molar-refractivity contribution in [2.45, 2.75) is 17.5 Å². The highest BCUT2D eigenvalue weighted by molar-refractivity contribution is 7.89. The summed E-state index contributed by atoms with van der Waals surface area (Å²) in [7, 11) is -2.50. The maximum Gasteiger partial charge on any atom is 0.325 e. The lowest BCUT2D eigenvalue weighted by Crippen LogP contribution is -2.40. The molecule has 10 heteroatoms. The molecule has 1 rings (SSSR count). The quantitative estimate of drug-likeness (QED) is 0.518. The zero-order chi connectivity index (χ0) is 14.5. The SMILES string of the molecule is COCC(CO)NS(=O)(=O)c1cnn(CC(=O)O)c1. The van der Waals surface area contributed by atoms with Crippen LogP contribution in [0, 0.1) is 0 Å². The molecule has 0 aliphatic heterocycles. The number of hydrogen-bond donors (Lipinski definition) is 3. The molecule has 0 saturated heterocycles. The van der Waals surface area contributed by atoms with E-state index in [0.717, 1.165) is 17.1 Å². The van der Waals surface area contributed by atoms with Crippen LogP contribution < -0.4 is 4.72 Å². The summed E-state index contributed by atoms with van der Waals surface area (Å²) in [4.78, 5) is 10.3. The van der Waals surface area contributed by atoms with Crippen LogP contribution >= 0.6 is 0 Å². The minimum atomic E-state index is -3.88. The number of aromatic nitrogens is 2. The molecule has 0 aliphatic rings. The molecule has 0 spiro atoms. The molecular weight excluding hydrogens is 278 g/mol. The zero-order valence-electron chi connectivity index (χ0n) is 10.2. The van der Waals surface area contributed by atoms with E-state index in [9.17, 15) is 13.2 Å². The molecule has 0 aromatic carbocycles. The van der Waals surface area contributed by atoms with Crippen molar-refractivity contribution in [2.24, 2.45) is 0 Å². The Kier molecular flexibility index (Phi) is 5.42. The predicted molar refractivity (Wildman–Crippen MR) is 62.9 cm³/mol. The Morgan fingerprint density at radius 2 is 2.32 bits per heavy atom. The lowest BCUT2D eigenvalue weighted by Gasteiger charge is -2.14. The number of hydrogen-bond acceptors (Lipinski definition) is 6. The van der Waals surface area contributed by atoms with Crippen molar-refractivity contribution in [1.29, 1.82) is 0 Å². The molecule has 0 saturated carbocycles. The highest BCUT2D eigenvalue weighted by Crippen LogP contribution is 2.07. The summed E-state index contributed by atoms with van der Waals surface area (Å²) < 4.78 is 31.8. The highest BCUT2D eigenvalue weighted by atomic mass is 32.2. The Hall–Kier alpha value is -1.49. The Labute approximate surface area is 109 Å². The average molecular weight is 293 g/mol. The molecule has 1 aromatic rings. The summed E-state index contributed by atoms with van der Waals surface area (Å²) in [5.41, 5.74) is 0. The van der Waals surface area contributed by atoms with E-state index in [4.69, 9.17) is 14.9 Å². The van der Waals surface area contributed by atoms with Crippen molar-refractivity contribution in [1.82, 2.24) is 14.5 Å². The first-order valence-corrected chi connectivity index (χ1v) is 6.73. The molecule has 0 bridgehead atoms. The Morgan fingerprint density at radius 1 is 1.63 bits per heavy atom. The maximum absolute atomic E-state index is 11.9. The van der Waals surface area contributed by atoms with Crippen LogP contribution in [-0.4, -0.2) is 60.7 Å². The van der Waals surface area contributed by atoms with Crippen molar-refractivity contribution >= 4 is 16.0 Å². The lowest BCUT2D eigenvalue weighted by atomic mass is 10.4. The molecule has 9 nitrogen and oxygen atoms in total. The summed E-state index contributed by atoms with van der Waals surface area (Å²) in [5.74, 6) is -1.13. The van der Waals surface area contributed by atoms with Crippen LogP contribution in [0.1, 0.15) is 0 Å². The van der Waals surface area contributed by atoms with E-state index in [1.807, 2.05) is 0 Å². The number of ether oxygens (including phenoxy) is 1. The first-order valence-electron chi connectivity index (χ1n) is 5.25. The van der Waals surface area contributed by atoms with Crippen LogP contribution in [0.2, 0.25) is 0 Å². The second-order valence-electron chi connectivity index (χ2n) is 3.72. The molecule has 19 heavy (non-hydrogen) atoms. The van der Waals surface area contributed by atoms with Gasteiger partial charge in [0.25, 0.3) is 0 Å². The number of carboxylic acid groups (broad SMARTS) is 1. The largest absolute Gasteiger partial charge is 0.480 e. The van der Waals surface area contributed by atoms with Crippen LogP contribution in [-0.2, 0) is 26.1 Å². The van der Waals surface area contributed by atoms with Crippen LogP contribution in [0.15, 0.2) is 17.3 Å². The van der Waals surface area contributed by atoms with Gasteiger partial charge in [0.1, 0.15) is 11.4 Å². The van der Waals surface area contributed by atoms with E-state index in [2.05, 4.69) is 9.82 Å². The van der Waals surface area contributed by atoms with E-state index in [1.54, 1.807) is 0 Å². The number of rotatable bonds is 8. The van der Waals surface area contributed by atoms with Gasteiger partial charge < -0.3 is 14.9 Å². The number of aliphatic hydroxyl groups excluding tert-OH is 1. The fourth-order valence-corrected chi connectivity index (χ4v) is 2.48. The number of methoxy groups -OCH3 is 1. The predicted octanol–water partition coefficient (Wildman–Crippen LogP) is -1.75. The molecule has 0 aliphatic carbocycles. The highest BCUT2D eigenvalue weighted by Gasteiger charge is 2.21. The molecule has 1 heterocycles. The molecule has 1 unspecified atom stereocenters. The second kappa shape index (κ2) is 6.61. The van der Waals surface area contributed by atoms with Crippen molar-refractivity contribution in [2.75, 3.05) is 20.3 Å². The average Bonchev–Trinajstić information content (AvgIpc) is 2.76. The van der Waals surface area contributed by atoms with E-state index < -0.39 is 35.2 Å². The first kappa shape index (κ1) is 15.6. The van der Waals surface area contributed by atoms with Gasteiger partial charge in [-0.15, -0.1) is 0 Å². The number of carbonyl (C=O) groups is 1. The summed E-state index contributed by atoms with van der Waals surface area (Å²) in [6.07, 6.45) is 2.13. The Balaban J connectivity index is 2.82. The van der Waals surface area contributed by atoms with Gasteiger partial charge in [0.2, 0.25) is 10.0 Å². The molecular formula is C9H15N3O6S. The molecule has 0 fully saturated rings. The van der Waals surface area contributed by atoms with Crippen LogP contribution in [0.3, 0.4) is 0 Å². The number of sulfonamides is 1. The van der Waals surface area contributed by atoms with Gasteiger partial charge in [0, 0.05) is 13.3 Å². The minimum Gasteiger partial charge on any atom is -0.480 e. The minimum absolute atomic E-state index is 0.0129. The summed E-state index contributed by atoms with van der Waals surface area (Å²) in [6.45, 7) is -0.841. The Morgan fingerprint density at radius 3 is 2.84 bits per heavy atom. The van der Waals surface area contributed by atoms with Gasteiger partial charge in [-0.1, -0.05) is 0 Å². The van der Waals surface area contributed by atoms with Crippen molar-refractivity contribution in [3.05, 3.63) is 12.4 Å². The monoisotopic (exact) mass is 293 g/mol. The van der Waals surface area contributed by atoms with Gasteiger partial charge in [-0.2, -0.15) is 5.10 Å². The van der Waals surface area contributed by atoms with Crippen LogP contribution in [0.5, 0.6) is 0 Å². The molecule has 0 radical (unpaired) electrons. The Bertz CT molecular complexity index is 526. The molecule has 1 atom stereocenters. The summed E-state index contributed by atoms with van der Waals surface area (Å²) in [5, 5.41) is 21.2. The summed E-state index contributed by atoms with van der Waals surface area (Å²) in [6, 6.07) is -0.780. The lowest BCUT2D eigenvalue weighted by molar-refractivity contribution is -0.137. The van der Waals surface area contributed by atoms with E-state index >= 15 is 0 Å². The van der Waals surface area contributed by atoms with Crippen molar-refractivity contribution in [3.63, 3.8) is 0 Å². The molecule has 1 aromatic heterocycles. The topological polar surface area (TPSA) is 131 Å². The maximum atomic E-state index is 11.9.